The fraction of sp³-hybridized carbons (Fsp3) is 0.348. The van der Waals surface area contributed by atoms with Gasteiger partial charge in [0.1, 0.15) is 17.6 Å². The lowest BCUT2D eigenvalue weighted by Gasteiger charge is -2.11. The van der Waals surface area contributed by atoms with Crippen LogP contribution in [0, 0.1) is 4.91 Å². The number of pyridine rings is 1. The van der Waals surface area contributed by atoms with E-state index in [-0.39, 0.29) is 6.04 Å². The second kappa shape index (κ2) is 7.32. The molecule has 5 rings (SSSR count). The van der Waals surface area contributed by atoms with Crippen molar-refractivity contribution in [1.29, 1.82) is 0 Å². The van der Waals surface area contributed by atoms with Crippen LogP contribution in [0.15, 0.2) is 58.4 Å². The highest BCUT2D eigenvalue weighted by Crippen LogP contribution is 2.40. The van der Waals surface area contributed by atoms with Crippen LogP contribution in [0.25, 0.3) is 22.5 Å². The van der Waals surface area contributed by atoms with Crippen LogP contribution in [0.5, 0.6) is 0 Å². The molecule has 1 atom stereocenters. The molecule has 2 aliphatic rings. The number of benzene rings is 1. The molecule has 0 saturated carbocycles. The topological polar surface area (TPSA) is 58.7 Å². The predicted molar refractivity (Wildman–Crippen MR) is 109 cm³/mol. The fourth-order valence-corrected chi connectivity index (χ4v) is 4.49. The van der Waals surface area contributed by atoms with Crippen LogP contribution >= 0.6 is 0 Å². The zero-order valence-corrected chi connectivity index (χ0v) is 15.8. The highest BCUT2D eigenvalue weighted by molar-refractivity contribution is 5.80. The molecule has 0 amide bonds. The van der Waals surface area contributed by atoms with E-state index in [0.717, 1.165) is 66.3 Å². The number of aromatic nitrogens is 1. The van der Waals surface area contributed by atoms with Crippen molar-refractivity contribution in [3.63, 3.8) is 0 Å². The molecule has 142 valence electrons. The number of hydrogen-bond acceptors (Lipinski definition) is 5. The lowest BCUT2D eigenvalue weighted by molar-refractivity contribution is 0.299. The smallest absolute Gasteiger partial charge is 0.142 e. The number of hydrogen-bond donors (Lipinski definition) is 0. The minimum Gasteiger partial charge on any atom is -0.459 e. The zero-order chi connectivity index (χ0) is 18.9. The Hall–Kier alpha value is -2.79. The molecule has 5 nitrogen and oxygen atoms in total. The van der Waals surface area contributed by atoms with Crippen LogP contribution in [0.3, 0.4) is 0 Å². The van der Waals surface area contributed by atoms with Gasteiger partial charge in [0.15, 0.2) is 0 Å². The van der Waals surface area contributed by atoms with Gasteiger partial charge in [-0.1, -0.05) is 17.3 Å². The van der Waals surface area contributed by atoms with Gasteiger partial charge in [0, 0.05) is 23.5 Å². The molecule has 1 aliphatic carbocycles. The van der Waals surface area contributed by atoms with Crippen LogP contribution in [-0.2, 0) is 13.0 Å². The molecule has 0 N–H and O–H groups in total. The van der Waals surface area contributed by atoms with Crippen molar-refractivity contribution in [1.82, 2.24) is 9.88 Å². The van der Waals surface area contributed by atoms with Gasteiger partial charge in [0.2, 0.25) is 0 Å². The monoisotopic (exact) mass is 373 g/mol. The van der Waals surface area contributed by atoms with E-state index < -0.39 is 0 Å². The second-order valence-electron chi connectivity index (χ2n) is 7.75. The lowest BCUT2D eigenvalue weighted by atomic mass is 9.99. The molecule has 3 heterocycles. The van der Waals surface area contributed by atoms with Crippen molar-refractivity contribution in [2.75, 3.05) is 13.1 Å². The average Bonchev–Trinajstić information content (AvgIpc) is 3.48. The summed E-state index contributed by atoms with van der Waals surface area (Å²) in [5.41, 5.74) is 5.53. The Balaban J connectivity index is 1.55. The molecule has 28 heavy (non-hydrogen) atoms. The van der Waals surface area contributed by atoms with Crippen LogP contribution in [0.2, 0.25) is 0 Å². The van der Waals surface area contributed by atoms with Gasteiger partial charge in [0.05, 0.1) is 6.54 Å². The normalized spacial score (nSPS) is 19.1. The number of rotatable bonds is 5. The molecular weight excluding hydrogens is 350 g/mol. The molecule has 1 fully saturated rings. The lowest BCUT2D eigenvalue weighted by Crippen LogP contribution is -2.17. The zero-order valence-electron chi connectivity index (χ0n) is 15.8. The first-order valence-electron chi connectivity index (χ1n) is 10.0. The summed E-state index contributed by atoms with van der Waals surface area (Å²) in [5.74, 6) is 1.89. The van der Waals surface area contributed by atoms with Crippen molar-refractivity contribution >= 4 is 0 Å². The third-order valence-corrected chi connectivity index (χ3v) is 5.93. The van der Waals surface area contributed by atoms with E-state index in [1.807, 2.05) is 30.6 Å². The minimum atomic E-state index is -0.203. The van der Waals surface area contributed by atoms with Crippen molar-refractivity contribution in [2.24, 2.45) is 5.18 Å². The van der Waals surface area contributed by atoms with Gasteiger partial charge in [-0.05, 0) is 79.7 Å². The van der Waals surface area contributed by atoms with Crippen LogP contribution in [0.1, 0.15) is 42.2 Å². The summed E-state index contributed by atoms with van der Waals surface area (Å²) >= 11 is 0. The highest BCUT2D eigenvalue weighted by Gasteiger charge is 2.25. The molecule has 1 aliphatic heterocycles. The molecule has 3 aromatic rings. The number of furan rings is 1. The SMILES string of the molecule is O=NC1CCc2cc(-c3oc(CN4CCCC4)cc3-c3ccncc3)ccc21. The first-order valence-corrected chi connectivity index (χ1v) is 10.0. The van der Waals surface area contributed by atoms with E-state index in [0.29, 0.717) is 0 Å². The summed E-state index contributed by atoms with van der Waals surface area (Å²) in [5, 5.41) is 3.27. The van der Waals surface area contributed by atoms with Gasteiger partial charge in [0.25, 0.3) is 0 Å². The quantitative estimate of drug-likeness (QED) is 0.565. The first-order chi connectivity index (χ1) is 13.8. The van der Waals surface area contributed by atoms with Crippen molar-refractivity contribution < 1.29 is 4.42 Å². The molecule has 1 aromatic carbocycles. The summed E-state index contributed by atoms with van der Waals surface area (Å²) in [7, 11) is 0. The Bertz CT molecular complexity index is 990. The van der Waals surface area contributed by atoms with E-state index in [2.05, 4.69) is 33.3 Å². The molecule has 5 heteroatoms. The van der Waals surface area contributed by atoms with Crippen LogP contribution in [0.4, 0.5) is 0 Å². The van der Waals surface area contributed by atoms with Crippen LogP contribution < -0.4 is 0 Å². The number of nitrogens with zero attached hydrogens (tertiary/aromatic N) is 3. The molecule has 0 radical (unpaired) electrons. The maximum Gasteiger partial charge on any atom is 0.142 e. The van der Waals surface area contributed by atoms with Gasteiger partial charge >= 0.3 is 0 Å². The fourth-order valence-electron chi connectivity index (χ4n) is 4.49. The molecule has 1 saturated heterocycles. The number of nitroso groups, excluding NO2 is 1. The van der Waals surface area contributed by atoms with E-state index in [1.165, 1.54) is 18.4 Å². The molecule has 1 unspecified atom stereocenters. The number of aryl methyl sites for hydroxylation is 1. The predicted octanol–water partition coefficient (Wildman–Crippen LogP) is 5.36. The van der Waals surface area contributed by atoms with E-state index in [1.54, 1.807) is 0 Å². The highest BCUT2D eigenvalue weighted by atomic mass is 16.3. The van der Waals surface area contributed by atoms with Gasteiger partial charge in [-0.25, -0.2) is 0 Å². The first kappa shape index (κ1) is 17.3. The average molecular weight is 373 g/mol. The Kier molecular flexibility index (Phi) is 4.53. The Morgan fingerprint density at radius 1 is 1.07 bits per heavy atom. The van der Waals surface area contributed by atoms with Gasteiger partial charge in [-0.15, -0.1) is 0 Å². The summed E-state index contributed by atoms with van der Waals surface area (Å²) in [6.07, 6.45) is 7.86. The molecule has 0 spiro atoms. The van der Waals surface area contributed by atoms with Gasteiger partial charge in [-0.3, -0.25) is 9.88 Å². The summed E-state index contributed by atoms with van der Waals surface area (Å²) < 4.78 is 6.38. The van der Waals surface area contributed by atoms with Crippen molar-refractivity contribution in [2.45, 2.75) is 38.3 Å². The summed E-state index contributed by atoms with van der Waals surface area (Å²) in [6, 6.07) is 12.3. The van der Waals surface area contributed by atoms with E-state index in [4.69, 9.17) is 4.42 Å². The largest absolute Gasteiger partial charge is 0.459 e. The van der Waals surface area contributed by atoms with E-state index in [9.17, 15) is 4.91 Å². The van der Waals surface area contributed by atoms with Gasteiger partial charge in [-0.2, -0.15) is 4.91 Å². The molecular formula is C23H23N3O2. The molecule has 2 aromatic heterocycles. The minimum absolute atomic E-state index is 0.203. The summed E-state index contributed by atoms with van der Waals surface area (Å²) in [6.45, 7) is 3.12. The summed E-state index contributed by atoms with van der Waals surface area (Å²) in [4.78, 5) is 17.6. The Labute approximate surface area is 164 Å². The molecule has 0 bridgehead atoms. The van der Waals surface area contributed by atoms with Gasteiger partial charge < -0.3 is 4.42 Å². The number of likely N-dealkylation sites (tertiary alicyclic amines) is 1. The van der Waals surface area contributed by atoms with Crippen LogP contribution in [-0.4, -0.2) is 23.0 Å². The van der Waals surface area contributed by atoms with E-state index >= 15 is 0 Å². The Morgan fingerprint density at radius 3 is 2.68 bits per heavy atom. The van der Waals surface area contributed by atoms with Crippen molar-refractivity contribution in [3.8, 4) is 22.5 Å². The standard InChI is InChI=1S/C23H23N3O2/c27-25-22-6-4-17-13-18(3-5-20(17)22)23-21(16-7-9-24-10-8-16)14-19(28-23)15-26-11-1-2-12-26/h3,5,7-10,13-14,22H,1-2,4,6,11-12,15H2. The second-order valence-corrected chi connectivity index (χ2v) is 7.75. The third kappa shape index (κ3) is 3.16. The Morgan fingerprint density at radius 2 is 1.89 bits per heavy atom. The maximum absolute atomic E-state index is 11.1. The van der Waals surface area contributed by atoms with Crippen molar-refractivity contribution in [3.05, 3.63) is 70.6 Å². The maximum atomic E-state index is 11.1. The third-order valence-electron chi connectivity index (χ3n) is 5.93. The number of fused-ring (bicyclic) bond motifs is 1.